The Balaban J connectivity index is 2.35. The lowest BCUT2D eigenvalue weighted by Crippen LogP contribution is -2.42. The molecule has 114 valence electrons. The molecular weight excluding hydrogens is 260 g/mol. The molecule has 0 amide bonds. The normalized spacial score (nSPS) is 20.5. The Hall–Kier alpha value is 0.0569. The average molecular weight is 290 g/mol. The second-order valence-corrected chi connectivity index (χ2v) is 8.56. The first-order valence-electron chi connectivity index (χ1n) is 7.66. The molecule has 0 aromatic carbocycles. The molecule has 0 aromatic rings. The van der Waals surface area contributed by atoms with Crippen LogP contribution < -0.4 is 0 Å². The van der Waals surface area contributed by atoms with Gasteiger partial charge in [-0.2, -0.15) is 0 Å². The number of rotatable bonds is 12. The maximum absolute atomic E-state index is 6.04. The van der Waals surface area contributed by atoms with Crippen LogP contribution in [0.25, 0.3) is 0 Å². The van der Waals surface area contributed by atoms with Crippen LogP contribution in [0.4, 0.5) is 0 Å². The Kier molecular flexibility index (Phi) is 8.17. The molecule has 1 rings (SSSR count). The second kappa shape index (κ2) is 9.08. The van der Waals surface area contributed by atoms with Gasteiger partial charge in [0.25, 0.3) is 0 Å². The van der Waals surface area contributed by atoms with E-state index in [4.69, 9.17) is 18.3 Å². The van der Waals surface area contributed by atoms with Gasteiger partial charge in [-0.05, 0) is 39.3 Å². The van der Waals surface area contributed by atoms with E-state index in [1.165, 1.54) is 0 Å². The molecule has 2 atom stereocenters. The van der Waals surface area contributed by atoms with Crippen LogP contribution in [0.3, 0.4) is 0 Å². The molecule has 0 radical (unpaired) electrons. The van der Waals surface area contributed by atoms with Gasteiger partial charge in [0, 0.05) is 13.2 Å². The quantitative estimate of drug-likeness (QED) is 0.409. The van der Waals surface area contributed by atoms with E-state index >= 15 is 0 Å². The van der Waals surface area contributed by atoms with Gasteiger partial charge < -0.3 is 18.3 Å². The van der Waals surface area contributed by atoms with Gasteiger partial charge >= 0.3 is 8.56 Å². The van der Waals surface area contributed by atoms with Crippen molar-refractivity contribution in [2.24, 2.45) is 0 Å². The van der Waals surface area contributed by atoms with Crippen molar-refractivity contribution in [2.45, 2.75) is 64.8 Å². The molecule has 0 saturated carbocycles. The Morgan fingerprint density at radius 2 is 1.79 bits per heavy atom. The third kappa shape index (κ3) is 6.86. The lowest BCUT2D eigenvalue weighted by Gasteiger charge is -2.30. The van der Waals surface area contributed by atoms with Crippen molar-refractivity contribution in [3.63, 3.8) is 0 Å². The topological polar surface area (TPSA) is 40.2 Å². The molecule has 2 unspecified atom stereocenters. The van der Waals surface area contributed by atoms with Crippen LogP contribution in [0, 0.1) is 0 Å². The molecule has 0 N–H and O–H groups in total. The fourth-order valence-electron chi connectivity index (χ4n) is 2.30. The lowest BCUT2D eigenvalue weighted by atomic mass is 10.3. The third-order valence-electron chi connectivity index (χ3n) is 3.35. The number of ether oxygens (including phenoxy) is 2. The number of epoxide rings is 1. The molecule has 0 bridgehead atoms. The monoisotopic (exact) mass is 290 g/mol. The highest BCUT2D eigenvalue weighted by Gasteiger charge is 2.36. The van der Waals surface area contributed by atoms with E-state index < -0.39 is 8.56 Å². The largest absolute Gasteiger partial charge is 0.394 e. The standard InChI is InChI=1S/C14H30O4Si/c1-5-9-19(17-6-2,18-7-3)10-8-13(4)15-11-14-12-16-14/h13-14H,5-12H2,1-4H3. The fraction of sp³-hybridized carbons (Fsp3) is 1.00. The molecule has 5 heteroatoms. The predicted molar refractivity (Wildman–Crippen MR) is 78.7 cm³/mol. The van der Waals surface area contributed by atoms with Gasteiger partial charge in [-0.15, -0.1) is 0 Å². The van der Waals surface area contributed by atoms with Crippen molar-refractivity contribution >= 4 is 8.56 Å². The maximum atomic E-state index is 6.04. The van der Waals surface area contributed by atoms with Crippen LogP contribution in [0.2, 0.25) is 12.1 Å². The van der Waals surface area contributed by atoms with Gasteiger partial charge in [-0.1, -0.05) is 13.3 Å². The van der Waals surface area contributed by atoms with Crippen molar-refractivity contribution in [1.82, 2.24) is 0 Å². The van der Waals surface area contributed by atoms with Gasteiger partial charge in [0.2, 0.25) is 0 Å². The molecule has 4 nitrogen and oxygen atoms in total. The minimum Gasteiger partial charge on any atom is -0.394 e. The van der Waals surface area contributed by atoms with Crippen molar-refractivity contribution in [3.05, 3.63) is 0 Å². The van der Waals surface area contributed by atoms with Gasteiger partial charge in [-0.3, -0.25) is 0 Å². The summed E-state index contributed by atoms with van der Waals surface area (Å²) in [7, 11) is -2.01. The summed E-state index contributed by atoms with van der Waals surface area (Å²) in [6.07, 6.45) is 2.74. The summed E-state index contributed by atoms with van der Waals surface area (Å²) in [5.74, 6) is 0. The summed E-state index contributed by atoms with van der Waals surface area (Å²) >= 11 is 0. The predicted octanol–water partition coefficient (Wildman–Crippen LogP) is 3.11. The first-order valence-corrected chi connectivity index (χ1v) is 9.90. The molecule has 1 aliphatic rings. The van der Waals surface area contributed by atoms with Gasteiger partial charge in [0.1, 0.15) is 6.10 Å². The molecule has 1 fully saturated rings. The molecule has 1 heterocycles. The zero-order chi connectivity index (χ0) is 14.1. The summed E-state index contributed by atoms with van der Waals surface area (Å²) < 4.78 is 23.0. The van der Waals surface area contributed by atoms with Gasteiger partial charge in [-0.25, -0.2) is 0 Å². The first kappa shape index (κ1) is 17.1. The van der Waals surface area contributed by atoms with E-state index in [-0.39, 0.29) is 6.10 Å². The van der Waals surface area contributed by atoms with Crippen molar-refractivity contribution < 1.29 is 18.3 Å². The molecule has 1 saturated heterocycles. The van der Waals surface area contributed by atoms with Crippen LogP contribution in [-0.4, -0.2) is 47.2 Å². The van der Waals surface area contributed by atoms with Crippen LogP contribution in [0.5, 0.6) is 0 Å². The highest BCUT2D eigenvalue weighted by atomic mass is 28.4. The third-order valence-corrected chi connectivity index (χ3v) is 7.29. The summed E-state index contributed by atoms with van der Waals surface area (Å²) in [5.41, 5.74) is 0. The van der Waals surface area contributed by atoms with Gasteiger partial charge in [0.05, 0.1) is 19.3 Å². The summed E-state index contributed by atoms with van der Waals surface area (Å²) in [4.78, 5) is 0. The zero-order valence-corrected chi connectivity index (χ0v) is 13.9. The minimum atomic E-state index is -2.01. The van der Waals surface area contributed by atoms with Gasteiger partial charge in [0.15, 0.2) is 0 Å². The summed E-state index contributed by atoms with van der Waals surface area (Å²) in [5, 5.41) is 0. The highest BCUT2D eigenvalue weighted by Crippen LogP contribution is 2.24. The van der Waals surface area contributed by atoms with Crippen molar-refractivity contribution in [1.29, 1.82) is 0 Å². The van der Waals surface area contributed by atoms with E-state index in [0.29, 0.717) is 6.10 Å². The average Bonchev–Trinajstić information content (AvgIpc) is 3.19. The lowest BCUT2D eigenvalue weighted by molar-refractivity contribution is 0.0495. The van der Waals surface area contributed by atoms with Crippen LogP contribution >= 0.6 is 0 Å². The number of hydrogen-bond acceptors (Lipinski definition) is 4. The van der Waals surface area contributed by atoms with Crippen molar-refractivity contribution in [3.8, 4) is 0 Å². The Morgan fingerprint density at radius 1 is 1.16 bits per heavy atom. The molecule has 19 heavy (non-hydrogen) atoms. The molecule has 0 spiro atoms. The molecular formula is C14H30O4Si. The molecule has 1 aliphatic heterocycles. The van der Waals surface area contributed by atoms with Crippen LogP contribution in [0.1, 0.15) is 40.5 Å². The summed E-state index contributed by atoms with van der Waals surface area (Å²) in [6.45, 7) is 11.5. The smallest absolute Gasteiger partial charge is 0.338 e. The van der Waals surface area contributed by atoms with E-state index in [1.807, 2.05) is 0 Å². The van der Waals surface area contributed by atoms with Crippen LogP contribution in [-0.2, 0) is 18.3 Å². The fourth-order valence-corrected chi connectivity index (χ4v) is 5.88. The Labute approximate surface area is 119 Å². The minimum absolute atomic E-state index is 0.258. The highest BCUT2D eigenvalue weighted by molar-refractivity contribution is 6.67. The SMILES string of the molecule is CCC[Si](CCC(C)OCC1CO1)(OCC)OCC. The number of hydrogen-bond donors (Lipinski definition) is 0. The maximum Gasteiger partial charge on any atom is 0.338 e. The van der Waals surface area contributed by atoms with E-state index in [9.17, 15) is 0 Å². The van der Waals surface area contributed by atoms with E-state index in [1.54, 1.807) is 0 Å². The Morgan fingerprint density at radius 3 is 2.26 bits per heavy atom. The summed E-state index contributed by atoms with van der Waals surface area (Å²) in [6, 6.07) is 2.10. The Bertz CT molecular complexity index is 216. The second-order valence-electron chi connectivity index (χ2n) is 5.16. The van der Waals surface area contributed by atoms with Crippen LogP contribution in [0.15, 0.2) is 0 Å². The molecule has 0 aliphatic carbocycles. The van der Waals surface area contributed by atoms with E-state index in [0.717, 1.165) is 51.4 Å². The molecule has 0 aromatic heterocycles. The van der Waals surface area contributed by atoms with Crippen molar-refractivity contribution in [2.75, 3.05) is 26.4 Å². The van der Waals surface area contributed by atoms with E-state index in [2.05, 4.69) is 27.7 Å². The first-order chi connectivity index (χ1) is 9.15. The zero-order valence-electron chi connectivity index (χ0n) is 12.9.